The van der Waals surface area contributed by atoms with Gasteiger partial charge in [-0.3, -0.25) is 0 Å². The van der Waals surface area contributed by atoms with E-state index >= 15 is 0 Å². The lowest BCUT2D eigenvalue weighted by atomic mass is 9.96. The summed E-state index contributed by atoms with van der Waals surface area (Å²) in [5.74, 6) is 6.08. The van der Waals surface area contributed by atoms with Gasteiger partial charge in [-0.15, -0.1) is 6.58 Å². The monoisotopic (exact) mass is 234 g/mol. The van der Waals surface area contributed by atoms with E-state index in [1.165, 1.54) is 11.1 Å². The van der Waals surface area contributed by atoms with Gasteiger partial charge in [0.15, 0.2) is 0 Å². The molecule has 1 nitrogen and oxygen atoms in total. The van der Waals surface area contributed by atoms with Crippen molar-refractivity contribution in [3.8, 4) is 11.8 Å². The van der Waals surface area contributed by atoms with Gasteiger partial charge in [0.25, 0.3) is 0 Å². The topological polar surface area (TPSA) is 20.2 Å². The van der Waals surface area contributed by atoms with Gasteiger partial charge < -0.3 is 5.11 Å². The highest BCUT2D eigenvalue weighted by molar-refractivity contribution is 5.36. The molecule has 0 fully saturated rings. The van der Waals surface area contributed by atoms with Gasteiger partial charge in [0.05, 0.1) is 0 Å². The molecule has 0 rings (SSSR count). The zero-order valence-corrected chi connectivity index (χ0v) is 11.8. The Kier molecular flexibility index (Phi) is 7.66. The highest BCUT2D eigenvalue weighted by atomic mass is 16.3. The third-order valence-electron chi connectivity index (χ3n) is 2.39. The van der Waals surface area contributed by atoms with Crippen LogP contribution in [-0.2, 0) is 0 Å². The summed E-state index contributed by atoms with van der Waals surface area (Å²) in [6, 6.07) is 0. The van der Waals surface area contributed by atoms with E-state index in [2.05, 4.69) is 32.3 Å². The molecule has 0 saturated heterocycles. The van der Waals surface area contributed by atoms with Crippen molar-refractivity contribution >= 4 is 0 Å². The number of allylic oxidation sites excluding steroid dienone is 3. The van der Waals surface area contributed by atoms with Crippen LogP contribution in [0.5, 0.6) is 0 Å². The maximum Gasteiger partial charge on any atom is 0.120 e. The Labute approximate surface area is 107 Å². The predicted octanol–water partition coefficient (Wildman–Crippen LogP) is 4.23. The van der Waals surface area contributed by atoms with Crippen LogP contribution in [0.25, 0.3) is 0 Å². The van der Waals surface area contributed by atoms with Gasteiger partial charge in [-0.05, 0) is 33.1 Å². The van der Waals surface area contributed by atoms with Crippen LogP contribution in [0.4, 0.5) is 0 Å². The molecule has 0 aromatic rings. The molecule has 0 aliphatic carbocycles. The maximum absolute atomic E-state index is 9.66. The molecule has 0 aliphatic heterocycles. The summed E-state index contributed by atoms with van der Waals surface area (Å²) in [6.07, 6.45) is 7.12. The summed E-state index contributed by atoms with van der Waals surface area (Å²) < 4.78 is 0. The Morgan fingerprint density at radius 1 is 1.24 bits per heavy atom. The number of rotatable bonds is 6. The molecular weight excluding hydrogens is 208 g/mol. The third-order valence-corrected chi connectivity index (χ3v) is 2.39. The second-order valence-corrected chi connectivity index (χ2v) is 4.88. The van der Waals surface area contributed by atoms with Gasteiger partial charge in [-0.1, -0.05) is 50.2 Å². The van der Waals surface area contributed by atoms with Gasteiger partial charge >= 0.3 is 0 Å². The van der Waals surface area contributed by atoms with Crippen molar-refractivity contribution in [2.45, 2.75) is 65.4 Å². The predicted molar refractivity (Wildman–Crippen MR) is 75.7 cm³/mol. The molecule has 0 amide bonds. The molecule has 0 bridgehead atoms. The molecule has 0 aromatic heterocycles. The largest absolute Gasteiger partial charge is 0.378 e. The number of hydrogen-bond acceptors (Lipinski definition) is 1. The summed E-state index contributed by atoms with van der Waals surface area (Å²) in [7, 11) is 0. The minimum Gasteiger partial charge on any atom is -0.378 e. The zero-order chi connectivity index (χ0) is 13.3. The van der Waals surface area contributed by atoms with Crippen LogP contribution in [0.2, 0.25) is 0 Å². The number of aliphatic hydroxyl groups is 1. The Morgan fingerprint density at radius 3 is 2.24 bits per heavy atom. The first-order chi connectivity index (χ1) is 7.94. The normalized spacial score (nSPS) is 12.5. The first-order valence-electron chi connectivity index (χ1n) is 6.51. The Bertz CT molecular complexity index is 318. The Balaban J connectivity index is 5.16. The summed E-state index contributed by atoms with van der Waals surface area (Å²) in [4.78, 5) is 0. The average molecular weight is 234 g/mol. The molecule has 0 aromatic carbocycles. The zero-order valence-electron chi connectivity index (χ0n) is 11.8. The van der Waals surface area contributed by atoms with Gasteiger partial charge in [-0.2, -0.15) is 0 Å². The molecule has 0 unspecified atom stereocenters. The van der Waals surface area contributed by atoms with Crippen LogP contribution >= 0.6 is 0 Å². The molecule has 0 heterocycles. The Hall–Kier alpha value is -1.00. The molecule has 0 atom stereocenters. The van der Waals surface area contributed by atoms with Crippen LogP contribution in [0.15, 0.2) is 23.8 Å². The van der Waals surface area contributed by atoms with E-state index in [1.54, 1.807) is 13.8 Å². The van der Waals surface area contributed by atoms with Crippen molar-refractivity contribution in [1.29, 1.82) is 0 Å². The minimum atomic E-state index is -0.912. The first-order valence-corrected chi connectivity index (χ1v) is 6.51. The number of hydrogen-bond donors (Lipinski definition) is 1. The fourth-order valence-corrected chi connectivity index (χ4v) is 1.66. The van der Waals surface area contributed by atoms with E-state index in [1.807, 2.05) is 6.08 Å². The fraction of sp³-hybridized carbons (Fsp3) is 0.625. The first kappa shape index (κ1) is 16.0. The third kappa shape index (κ3) is 7.82. The van der Waals surface area contributed by atoms with E-state index in [0.29, 0.717) is 0 Å². The molecule has 0 saturated carbocycles. The smallest absolute Gasteiger partial charge is 0.120 e. The molecule has 96 valence electrons. The van der Waals surface area contributed by atoms with Crippen LogP contribution < -0.4 is 0 Å². The standard InChI is InChI=1S/C16H26O/c1-6-9-14(10-7-2)15(11-8-3)12-13-16(4,5)17/h6,17H,1,7-11H2,2-5H3/b15-14+. The lowest BCUT2D eigenvalue weighted by molar-refractivity contribution is 0.143. The van der Waals surface area contributed by atoms with Crippen LogP contribution in [0, 0.1) is 11.8 Å². The molecule has 1 heteroatoms. The van der Waals surface area contributed by atoms with Crippen molar-refractivity contribution in [3.05, 3.63) is 23.8 Å². The van der Waals surface area contributed by atoms with Crippen molar-refractivity contribution in [2.24, 2.45) is 0 Å². The summed E-state index contributed by atoms with van der Waals surface area (Å²) >= 11 is 0. The highest BCUT2D eigenvalue weighted by Gasteiger charge is 2.07. The maximum atomic E-state index is 9.66. The van der Waals surface area contributed by atoms with E-state index in [4.69, 9.17) is 0 Å². The van der Waals surface area contributed by atoms with Crippen LogP contribution in [-0.4, -0.2) is 10.7 Å². The van der Waals surface area contributed by atoms with E-state index in [9.17, 15) is 5.11 Å². The molecule has 1 N–H and O–H groups in total. The molecule has 0 spiro atoms. The SMILES string of the molecule is C=CC/C(CCC)=C(\C#CC(C)(C)O)CCC. The van der Waals surface area contributed by atoms with E-state index < -0.39 is 5.60 Å². The van der Waals surface area contributed by atoms with Crippen molar-refractivity contribution in [3.63, 3.8) is 0 Å². The van der Waals surface area contributed by atoms with Gasteiger partial charge in [0.1, 0.15) is 5.60 Å². The lowest BCUT2D eigenvalue weighted by Gasteiger charge is -2.10. The van der Waals surface area contributed by atoms with Gasteiger partial charge in [-0.25, -0.2) is 0 Å². The minimum absolute atomic E-state index is 0.906. The second-order valence-electron chi connectivity index (χ2n) is 4.88. The quantitative estimate of drug-likeness (QED) is 0.538. The van der Waals surface area contributed by atoms with E-state index in [-0.39, 0.29) is 0 Å². The fourth-order valence-electron chi connectivity index (χ4n) is 1.66. The Morgan fingerprint density at radius 2 is 1.82 bits per heavy atom. The lowest BCUT2D eigenvalue weighted by Crippen LogP contribution is -2.14. The van der Waals surface area contributed by atoms with Crippen molar-refractivity contribution in [1.82, 2.24) is 0 Å². The summed E-state index contributed by atoms with van der Waals surface area (Å²) in [5, 5.41) is 9.66. The molecule has 17 heavy (non-hydrogen) atoms. The van der Waals surface area contributed by atoms with Gasteiger partial charge in [0.2, 0.25) is 0 Å². The molecule has 0 aliphatic rings. The van der Waals surface area contributed by atoms with Gasteiger partial charge in [0, 0.05) is 5.57 Å². The average Bonchev–Trinajstić information content (AvgIpc) is 2.23. The van der Waals surface area contributed by atoms with Crippen molar-refractivity contribution < 1.29 is 5.11 Å². The van der Waals surface area contributed by atoms with Crippen LogP contribution in [0.3, 0.4) is 0 Å². The summed E-state index contributed by atoms with van der Waals surface area (Å²) in [6.45, 7) is 11.6. The van der Waals surface area contributed by atoms with E-state index in [0.717, 1.165) is 32.1 Å². The highest BCUT2D eigenvalue weighted by Crippen LogP contribution is 2.19. The summed E-state index contributed by atoms with van der Waals surface area (Å²) in [5.41, 5.74) is 1.65. The second kappa shape index (κ2) is 8.14. The van der Waals surface area contributed by atoms with Crippen LogP contribution in [0.1, 0.15) is 59.8 Å². The molecular formula is C16H26O. The molecule has 0 radical (unpaired) electrons. The van der Waals surface area contributed by atoms with Crippen molar-refractivity contribution in [2.75, 3.05) is 0 Å².